The SMILES string of the molecule is CCCCCCC(=O)Oc1ccc(C(=O)Oc2ccc(C=C(C#N)C#N)cc2)cc1. The largest absolute Gasteiger partial charge is 0.427 e. The molecule has 0 saturated carbocycles. The molecular weight excluding hydrogens is 380 g/mol. The Morgan fingerprint density at radius 2 is 1.47 bits per heavy atom. The first kappa shape index (κ1) is 22.4. The lowest BCUT2D eigenvalue weighted by atomic mass is 10.1. The van der Waals surface area contributed by atoms with Gasteiger partial charge in [0.1, 0.15) is 29.2 Å². The van der Waals surface area contributed by atoms with Crippen molar-refractivity contribution in [1.82, 2.24) is 0 Å². The maximum Gasteiger partial charge on any atom is 0.343 e. The predicted molar refractivity (Wildman–Crippen MR) is 111 cm³/mol. The van der Waals surface area contributed by atoms with Gasteiger partial charge in [0.25, 0.3) is 0 Å². The van der Waals surface area contributed by atoms with E-state index in [9.17, 15) is 9.59 Å². The van der Waals surface area contributed by atoms with Gasteiger partial charge < -0.3 is 9.47 Å². The van der Waals surface area contributed by atoms with E-state index >= 15 is 0 Å². The maximum atomic E-state index is 12.3. The maximum absolute atomic E-state index is 12.3. The zero-order chi connectivity index (χ0) is 21.8. The van der Waals surface area contributed by atoms with Gasteiger partial charge in [-0.1, -0.05) is 38.3 Å². The first-order valence-electron chi connectivity index (χ1n) is 9.70. The highest BCUT2D eigenvalue weighted by Gasteiger charge is 2.10. The third-order valence-corrected chi connectivity index (χ3v) is 4.20. The third-order valence-electron chi connectivity index (χ3n) is 4.20. The molecule has 0 aliphatic heterocycles. The standard InChI is InChI=1S/C24H22N2O4/c1-2-3-4-5-6-23(27)29-21-13-9-20(10-14-21)24(28)30-22-11-7-18(8-12-22)15-19(16-25)17-26/h7-15H,2-6H2,1H3. The Labute approximate surface area is 176 Å². The van der Waals surface area contributed by atoms with Gasteiger partial charge in [0.05, 0.1) is 5.56 Å². The van der Waals surface area contributed by atoms with Crippen LogP contribution in [0.3, 0.4) is 0 Å². The molecule has 0 atom stereocenters. The van der Waals surface area contributed by atoms with Crippen LogP contribution in [0.4, 0.5) is 0 Å². The number of benzene rings is 2. The minimum atomic E-state index is -0.550. The van der Waals surface area contributed by atoms with Crippen LogP contribution in [0.1, 0.15) is 54.9 Å². The van der Waals surface area contributed by atoms with Crippen molar-refractivity contribution in [3.8, 4) is 23.6 Å². The fraction of sp³-hybridized carbons (Fsp3) is 0.250. The van der Waals surface area contributed by atoms with Crippen LogP contribution in [-0.2, 0) is 4.79 Å². The molecule has 2 aromatic carbocycles. The molecule has 0 bridgehead atoms. The number of rotatable bonds is 9. The fourth-order valence-corrected chi connectivity index (χ4v) is 2.59. The van der Waals surface area contributed by atoms with Crippen LogP contribution in [-0.4, -0.2) is 11.9 Å². The Balaban J connectivity index is 1.90. The Morgan fingerprint density at radius 1 is 0.867 bits per heavy atom. The minimum absolute atomic E-state index is 0.0125. The smallest absolute Gasteiger partial charge is 0.343 e. The van der Waals surface area contributed by atoms with Crippen molar-refractivity contribution in [2.45, 2.75) is 39.0 Å². The van der Waals surface area contributed by atoms with Crippen molar-refractivity contribution < 1.29 is 19.1 Å². The number of carbonyl (C=O) groups excluding carboxylic acids is 2. The van der Waals surface area contributed by atoms with Gasteiger partial charge in [-0.2, -0.15) is 10.5 Å². The average molecular weight is 402 g/mol. The highest BCUT2D eigenvalue weighted by atomic mass is 16.5. The normalized spacial score (nSPS) is 9.70. The molecule has 6 nitrogen and oxygen atoms in total. The zero-order valence-corrected chi connectivity index (χ0v) is 16.8. The number of hydrogen-bond acceptors (Lipinski definition) is 6. The van der Waals surface area contributed by atoms with Crippen LogP contribution in [0.25, 0.3) is 6.08 Å². The molecule has 152 valence electrons. The van der Waals surface area contributed by atoms with Crippen molar-refractivity contribution >= 4 is 18.0 Å². The zero-order valence-electron chi connectivity index (χ0n) is 16.8. The number of nitrogens with zero attached hydrogens (tertiary/aromatic N) is 2. The summed E-state index contributed by atoms with van der Waals surface area (Å²) >= 11 is 0. The molecular formula is C24H22N2O4. The summed E-state index contributed by atoms with van der Waals surface area (Å²) in [5, 5.41) is 17.5. The first-order chi connectivity index (χ1) is 14.5. The van der Waals surface area contributed by atoms with Gasteiger partial charge in [0.15, 0.2) is 0 Å². The van der Waals surface area contributed by atoms with E-state index in [0.29, 0.717) is 29.0 Å². The number of unbranched alkanes of at least 4 members (excludes halogenated alkanes) is 3. The van der Waals surface area contributed by atoms with Crippen LogP contribution in [0.5, 0.6) is 11.5 Å². The lowest BCUT2D eigenvalue weighted by molar-refractivity contribution is -0.134. The number of esters is 2. The minimum Gasteiger partial charge on any atom is -0.427 e. The third kappa shape index (κ3) is 7.26. The summed E-state index contributed by atoms with van der Waals surface area (Å²) in [5.41, 5.74) is 0.952. The Hall–Kier alpha value is -3.90. The number of ether oxygens (including phenoxy) is 2. The number of hydrogen-bond donors (Lipinski definition) is 0. The van der Waals surface area contributed by atoms with Crippen LogP contribution >= 0.6 is 0 Å². The summed E-state index contributed by atoms with van der Waals surface area (Å²) in [7, 11) is 0. The molecule has 0 aliphatic rings. The van der Waals surface area contributed by atoms with E-state index in [4.69, 9.17) is 20.0 Å². The topological polar surface area (TPSA) is 100 Å². The van der Waals surface area contributed by atoms with Crippen molar-refractivity contribution in [1.29, 1.82) is 10.5 Å². The summed E-state index contributed by atoms with van der Waals surface area (Å²) < 4.78 is 10.6. The Kier molecular flexibility index (Phi) is 8.83. The number of allylic oxidation sites excluding steroid dienone is 1. The molecule has 0 N–H and O–H groups in total. The van der Waals surface area contributed by atoms with Crippen molar-refractivity contribution in [2.24, 2.45) is 0 Å². The molecule has 0 fully saturated rings. The molecule has 0 aliphatic carbocycles. The highest BCUT2D eigenvalue weighted by Crippen LogP contribution is 2.18. The molecule has 0 aromatic heterocycles. The van der Waals surface area contributed by atoms with Gasteiger partial charge in [0, 0.05) is 6.42 Å². The summed E-state index contributed by atoms with van der Waals surface area (Å²) in [6, 6.07) is 16.2. The molecule has 0 saturated heterocycles. The van der Waals surface area contributed by atoms with Crippen LogP contribution in [0.15, 0.2) is 54.1 Å². The molecule has 6 heteroatoms. The second-order valence-corrected chi connectivity index (χ2v) is 6.55. The van der Waals surface area contributed by atoms with Gasteiger partial charge in [0.2, 0.25) is 0 Å². The second-order valence-electron chi connectivity index (χ2n) is 6.55. The van der Waals surface area contributed by atoms with E-state index in [2.05, 4.69) is 6.92 Å². The van der Waals surface area contributed by atoms with Gasteiger partial charge in [-0.05, 0) is 54.5 Å². The Bertz CT molecular complexity index is 962. The second kappa shape index (κ2) is 11.8. The molecule has 0 amide bonds. The van der Waals surface area contributed by atoms with Crippen molar-refractivity contribution in [3.05, 3.63) is 65.2 Å². The van der Waals surface area contributed by atoms with E-state index in [1.807, 2.05) is 0 Å². The van der Waals surface area contributed by atoms with Crippen molar-refractivity contribution in [2.75, 3.05) is 0 Å². The lowest BCUT2D eigenvalue weighted by Gasteiger charge is -2.07. The predicted octanol–water partition coefficient (Wildman–Crippen LogP) is 5.21. The average Bonchev–Trinajstić information content (AvgIpc) is 2.76. The number of nitriles is 2. The molecule has 0 unspecified atom stereocenters. The van der Waals surface area contributed by atoms with E-state index in [-0.39, 0.29) is 11.5 Å². The quantitative estimate of drug-likeness (QED) is 0.247. The summed E-state index contributed by atoms with van der Waals surface area (Å²) in [4.78, 5) is 24.1. The van der Waals surface area contributed by atoms with Crippen LogP contribution in [0.2, 0.25) is 0 Å². The van der Waals surface area contributed by atoms with Crippen LogP contribution in [0, 0.1) is 22.7 Å². The van der Waals surface area contributed by atoms with Gasteiger partial charge in [-0.15, -0.1) is 0 Å². The molecule has 0 spiro atoms. The molecule has 30 heavy (non-hydrogen) atoms. The van der Waals surface area contributed by atoms with E-state index in [1.165, 1.54) is 18.2 Å². The van der Waals surface area contributed by atoms with E-state index in [0.717, 1.165) is 25.7 Å². The molecule has 2 rings (SSSR count). The number of carbonyl (C=O) groups is 2. The highest BCUT2D eigenvalue weighted by molar-refractivity contribution is 5.91. The molecule has 0 heterocycles. The van der Waals surface area contributed by atoms with Crippen molar-refractivity contribution in [3.63, 3.8) is 0 Å². The monoisotopic (exact) mass is 402 g/mol. The van der Waals surface area contributed by atoms with Gasteiger partial charge in [-0.3, -0.25) is 4.79 Å². The summed E-state index contributed by atoms with van der Waals surface area (Å²) in [5.74, 6) is -0.124. The summed E-state index contributed by atoms with van der Waals surface area (Å²) in [6.07, 6.45) is 5.83. The first-order valence-corrected chi connectivity index (χ1v) is 9.70. The van der Waals surface area contributed by atoms with Gasteiger partial charge >= 0.3 is 11.9 Å². The lowest BCUT2D eigenvalue weighted by Crippen LogP contribution is -2.10. The molecule has 2 aromatic rings. The van der Waals surface area contributed by atoms with Crippen LogP contribution < -0.4 is 9.47 Å². The fourth-order valence-electron chi connectivity index (χ4n) is 2.59. The van der Waals surface area contributed by atoms with E-state index in [1.54, 1.807) is 48.5 Å². The Morgan fingerprint density at radius 3 is 2.07 bits per heavy atom. The molecule has 0 radical (unpaired) electrons. The van der Waals surface area contributed by atoms with E-state index < -0.39 is 5.97 Å². The van der Waals surface area contributed by atoms with Gasteiger partial charge in [-0.25, -0.2) is 4.79 Å². The summed E-state index contributed by atoms with van der Waals surface area (Å²) in [6.45, 7) is 2.11.